The Hall–Kier alpha value is -3.08. The van der Waals surface area contributed by atoms with Gasteiger partial charge < -0.3 is 9.30 Å². The van der Waals surface area contributed by atoms with E-state index in [1.54, 1.807) is 18.4 Å². The second kappa shape index (κ2) is 7.63. The van der Waals surface area contributed by atoms with Crippen LogP contribution in [0.2, 0.25) is 5.02 Å². The van der Waals surface area contributed by atoms with E-state index in [1.807, 2.05) is 30.3 Å². The van der Waals surface area contributed by atoms with Crippen LogP contribution >= 0.6 is 22.9 Å². The number of methoxy groups -OCH3 is 1. The zero-order valence-corrected chi connectivity index (χ0v) is 18.2. The van der Waals surface area contributed by atoms with E-state index in [2.05, 4.69) is 60.0 Å². The summed E-state index contributed by atoms with van der Waals surface area (Å²) in [7, 11) is 1.68. The van der Waals surface area contributed by atoms with Gasteiger partial charge in [-0.2, -0.15) is 0 Å². The molecule has 0 fully saturated rings. The van der Waals surface area contributed by atoms with Gasteiger partial charge in [0.2, 0.25) is 0 Å². The Morgan fingerprint density at radius 2 is 1.60 bits per heavy atom. The maximum atomic E-state index is 6.10. The van der Waals surface area contributed by atoms with Crippen LogP contribution in [0, 0.1) is 6.92 Å². The van der Waals surface area contributed by atoms with Crippen molar-refractivity contribution in [1.82, 2.24) is 9.55 Å². The quantitative estimate of drug-likeness (QED) is 0.297. The van der Waals surface area contributed by atoms with E-state index in [0.29, 0.717) is 5.02 Å². The van der Waals surface area contributed by atoms with Crippen molar-refractivity contribution in [3.8, 4) is 33.3 Å². The van der Waals surface area contributed by atoms with Gasteiger partial charge in [-0.1, -0.05) is 11.6 Å². The van der Waals surface area contributed by atoms with Crippen molar-refractivity contribution in [3.63, 3.8) is 0 Å². The summed E-state index contributed by atoms with van der Waals surface area (Å²) in [4.78, 5) is 4.75. The number of nitrogens with zero attached hydrogens (tertiary/aromatic N) is 2. The van der Waals surface area contributed by atoms with E-state index in [4.69, 9.17) is 21.3 Å². The highest BCUT2D eigenvalue weighted by atomic mass is 35.5. The molecule has 0 saturated heterocycles. The predicted octanol–water partition coefficient (Wildman–Crippen LogP) is 7.39. The van der Waals surface area contributed by atoms with Crippen molar-refractivity contribution in [2.75, 3.05) is 7.11 Å². The van der Waals surface area contributed by atoms with E-state index >= 15 is 0 Å². The van der Waals surface area contributed by atoms with Crippen molar-refractivity contribution in [2.24, 2.45) is 0 Å². The first-order valence-electron chi connectivity index (χ1n) is 9.62. The number of thiazole rings is 1. The fraction of sp³-hybridized carbons (Fsp3) is 0.0800. The highest BCUT2D eigenvalue weighted by molar-refractivity contribution is 7.21. The van der Waals surface area contributed by atoms with Gasteiger partial charge >= 0.3 is 0 Å². The number of fused-ring (bicyclic) bond motifs is 1. The van der Waals surface area contributed by atoms with Crippen LogP contribution in [0.4, 0.5) is 0 Å². The molecule has 148 valence electrons. The van der Waals surface area contributed by atoms with Crippen molar-refractivity contribution < 1.29 is 4.74 Å². The SMILES string of the molecule is COc1ccc(-c2ccc(C)n2-c2ccc(-c3nc4cc(Cl)ccc4s3)cc2)cc1. The summed E-state index contributed by atoms with van der Waals surface area (Å²) in [6.07, 6.45) is 0. The van der Waals surface area contributed by atoms with Gasteiger partial charge in [0.05, 0.1) is 23.0 Å². The van der Waals surface area contributed by atoms with E-state index in [1.165, 1.54) is 5.69 Å². The summed E-state index contributed by atoms with van der Waals surface area (Å²) in [5.41, 5.74) is 6.65. The highest BCUT2D eigenvalue weighted by Crippen LogP contribution is 2.33. The Balaban J connectivity index is 1.51. The molecule has 0 saturated carbocycles. The standard InChI is InChI=1S/C25H19ClN2OS/c1-16-3-13-23(17-6-11-21(29-2)12-7-17)28(16)20-9-4-18(5-10-20)25-27-22-15-19(26)8-14-24(22)30-25/h3-15H,1-2H3. The second-order valence-electron chi connectivity index (χ2n) is 7.10. The molecule has 0 aliphatic carbocycles. The number of benzene rings is 3. The molecule has 30 heavy (non-hydrogen) atoms. The molecule has 3 nitrogen and oxygen atoms in total. The summed E-state index contributed by atoms with van der Waals surface area (Å²) < 4.78 is 8.70. The lowest BCUT2D eigenvalue weighted by atomic mass is 10.1. The number of aryl methyl sites for hydroxylation is 1. The third kappa shape index (κ3) is 3.38. The van der Waals surface area contributed by atoms with Gasteiger partial charge in [0.15, 0.2) is 0 Å². The van der Waals surface area contributed by atoms with E-state index in [-0.39, 0.29) is 0 Å². The fourth-order valence-corrected chi connectivity index (χ4v) is 4.76. The maximum absolute atomic E-state index is 6.10. The van der Waals surface area contributed by atoms with Crippen LogP contribution in [0.25, 0.3) is 37.7 Å². The Labute approximate surface area is 184 Å². The van der Waals surface area contributed by atoms with Gasteiger partial charge in [0.25, 0.3) is 0 Å². The molecule has 0 bridgehead atoms. The van der Waals surface area contributed by atoms with Crippen LogP contribution in [0.3, 0.4) is 0 Å². The van der Waals surface area contributed by atoms with Gasteiger partial charge in [-0.3, -0.25) is 0 Å². The minimum absolute atomic E-state index is 0.712. The normalized spacial score (nSPS) is 11.2. The number of halogens is 1. The molecule has 5 heteroatoms. The van der Waals surface area contributed by atoms with Gasteiger partial charge in [0.1, 0.15) is 10.8 Å². The van der Waals surface area contributed by atoms with Crippen LogP contribution in [0.15, 0.2) is 78.9 Å². The van der Waals surface area contributed by atoms with Crippen LogP contribution in [0.1, 0.15) is 5.69 Å². The molecule has 0 aliphatic heterocycles. The predicted molar refractivity (Wildman–Crippen MR) is 126 cm³/mol. The summed E-state index contributed by atoms with van der Waals surface area (Å²) in [5, 5.41) is 1.71. The molecular formula is C25H19ClN2OS. The summed E-state index contributed by atoms with van der Waals surface area (Å²) in [6, 6.07) is 26.9. The maximum Gasteiger partial charge on any atom is 0.124 e. The van der Waals surface area contributed by atoms with E-state index in [9.17, 15) is 0 Å². The third-order valence-corrected chi connectivity index (χ3v) is 6.50. The Morgan fingerprint density at radius 3 is 2.33 bits per heavy atom. The largest absolute Gasteiger partial charge is 0.497 e. The number of ether oxygens (including phenoxy) is 1. The van der Waals surface area contributed by atoms with Crippen LogP contribution in [0.5, 0.6) is 5.75 Å². The van der Waals surface area contributed by atoms with Crippen LogP contribution in [-0.4, -0.2) is 16.7 Å². The summed E-state index contributed by atoms with van der Waals surface area (Å²) in [5.74, 6) is 0.857. The van der Waals surface area contributed by atoms with E-state index in [0.717, 1.165) is 43.5 Å². The zero-order valence-electron chi connectivity index (χ0n) is 16.6. The molecule has 0 radical (unpaired) electrons. The van der Waals surface area contributed by atoms with Crippen molar-refractivity contribution in [1.29, 1.82) is 0 Å². The molecule has 3 aromatic carbocycles. The smallest absolute Gasteiger partial charge is 0.124 e. The minimum Gasteiger partial charge on any atom is -0.497 e. The number of hydrogen-bond donors (Lipinski definition) is 0. The number of aromatic nitrogens is 2. The Kier molecular flexibility index (Phi) is 4.81. The van der Waals surface area contributed by atoms with E-state index < -0.39 is 0 Å². The average Bonchev–Trinajstić information content (AvgIpc) is 3.37. The Bertz CT molecular complexity index is 1330. The molecule has 0 atom stereocenters. The minimum atomic E-state index is 0.712. The third-order valence-electron chi connectivity index (χ3n) is 5.18. The van der Waals surface area contributed by atoms with Crippen molar-refractivity contribution >= 4 is 33.2 Å². The second-order valence-corrected chi connectivity index (χ2v) is 8.57. The van der Waals surface area contributed by atoms with Crippen LogP contribution in [-0.2, 0) is 0 Å². The topological polar surface area (TPSA) is 27.1 Å². The lowest BCUT2D eigenvalue weighted by Crippen LogP contribution is -1.99. The highest BCUT2D eigenvalue weighted by Gasteiger charge is 2.11. The first kappa shape index (κ1) is 18.9. The molecular weight excluding hydrogens is 412 g/mol. The van der Waals surface area contributed by atoms with Gasteiger partial charge in [-0.15, -0.1) is 11.3 Å². The van der Waals surface area contributed by atoms with Crippen molar-refractivity contribution in [3.05, 3.63) is 89.6 Å². The van der Waals surface area contributed by atoms with Gasteiger partial charge in [0, 0.05) is 22.0 Å². The molecule has 0 unspecified atom stereocenters. The summed E-state index contributed by atoms with van der Waals surface area (Å²) in [6.45, 7) is 2.12. The van der Waals surface area contributed by atoms with Crippen LogP contribution < -0.4 is 4.74 Å². The molecule has 0 aliphatic rings. The molecule has 5 aromatic rings. The van der Waals surface area contributed by atoms with Gasteiger partial charge in [-0.25, -0.2) is 4.98 Å². The first-order chi connectivity index (χ1) is 14.6. The molecule has 2 aromatic heterocycles. The molecule has 0 spiro atoms. The lowest BCUT2D eigenvalue weighted by Gasteiger charge is -2.13. The molecule has 0 amide bonds. The summed E-state index contributed by atoms with van der Waals surface area (Å²) >= 11 is 7.78. The number of rotatable bonds is 4. The fourth-order valence-electron chi connectivity index (χ4n) is 3.65. The first-order valence-corrected chi connectivity index (χ1v) is 10.8. The van der Waals surface area contributed by atoms with Crippen molar-refractivity contribution in [2.45, 2.75) is 6.92 Å². The molecule has 0 N–H and O–H groups in total. The van der Waals surface area contributed by atoms with Gasteiger partial charge in [-0.05, 0) is 91.3 Å². The molecule has 5 rings (SSSR count). The average molecular weight is 431 g/mol. The molecule has 2 heterocycles. The number of hydrogen-bond acceptors (Lipinski definition) is 3. The zero-order chi connectivity index (χ0) is 20.7. The lowest BCUT2D eigenvalue weighted by molar-refractivity contribution is 0.415. The Morgan fingerprint density at radius 1 is 0.867 bits per heavy atom. The monoisotopic (exact) mass is 430 g/mol.